The molecule has 1 aromatic heterocycles. The molecule has 4 nitrogen and oxygen atoms in total. The van der Waals surface area contributed by atoms with Crippen LogP contribution in [-0.4, -0.2) is 28.1 Å². The monoisotopic (exact) mass is 274 g/mol. The zero-order chi connectivity index (χ0) is 13.6. The Bertz CT molecular complexity index is 418. The van der Waals surface area contributed by atoms with E-state index in [1.807, 2.05) is 6.20 Å². The van der Waals surface area contributed by atoms with E-state index in [-0.39, 0.29) is 6.04 Å². The predicted molar refractivity (Wildman–Crippen MR) is 79.2 cm³/mol. The van der Waals surface area contributed by atoms with Gasteiger partial charge in [0.25, 0.3) is 0 Å². The highest BCUT2D eigenvalue weighted by Crippen LogP contribution is 2.55. The number of hydrogen-bond acceptors (Lipinski definition) is 3. The number of H-pyrrole nitrogens is 1. The molecule has 20 heavy (non-hydrogen) atoms. The van der Waals surface area contributed by atoms with Gasteiger partial charge in [0.1, 0.15) is 0 Å². The highest BCUT2D eigenvalue weighted by atomic mass is 15.0. The van der Waals surface area contributed by atoms with E-state index in [0.29, 0.717) is 5.54 Å². The Balaban J connectivity index is 1.35. The van der Waals surface area contributed by atoms with E-state index in [2.05, 4.69) is 15.3 Å². The van der Waals surface area contributed by atoms with Crippen molar-refractivity contribution in [3.8, 4) is 0 Å². The fourth-order valence-corrected chi connectivity index (χ4v) is 5.43. The third-order valence-electron chi connectivity index (χ3n) is 5.81. The minimum atomic E-state index is 0.184. The largest absolute Gasteiger partial charge is 0.348 e. The van der Waals surface area contributed by atoms with Gasteiger partial charge in [-0.05, 0) is 56.3 Å². The average Bonchev–Trinajstić information content (AvgIpc) is 2.88. The highest BCUT2D eigenvalue weighted by Gasteiger charge is 2.50. The second-order valence-electron chi connectivity index (χ2n) is 7.62. The Morgan fingerprint density at radius 3 is 2.45 bits per heavy atom. The number of nitrogens with two attached hydrogens (primary N) is 1. The van der Waals surface area contributed by atoms with Crippen molar-refractivity contribution >= 4 is 0 Å². The Labute approximate surface area is 120 Å². The summed E-state index contributed by atoms with van der Waals surface area (Å²) in [5.41, 5.74) is 7.86. The van der Waals surface area contributed by atoms with Crippen LogP contribution in [0.3, 0.4) is 0 Å². The fourth-order valence-electron chi connectivity index (χ4n) is 5.43. The van der Waals surface area contributed by atoms with Gasteiger partial charge >= 0.3 is 0 Å². The summed E-state index contributed by atoms with van der Waals surface area (Å²) in [7, 11) is 0. The Kier molecular flexibility index (Phi) is 3.11. The summed E-state index contributed by atoms with van der Waals surface area (Å²) in [5, 5.41) is 3.88. The van der Waals surface area contributed by atoms with Crippen LogP contribution in [-0.2, 0) is 6.42 Å². The highest BCUT2D eigenvalue weighted by molar-refractivity contribution is 5.07. The van der Waals surface area contributed by atoms with Gasteiger partial charge < -0.3 is 16.0 Å². The number of rotatable bonds is 5. The molecule has 4 fully saturated rings. The zero-order valence-corrected chi connectivity index (χ0v) is 12.1. The van der Waals surface area contributed by atoms with Crippen molar-refractivity contribution in [1.29, 1.82) is 0 Å². The summed E-state index contributed by atoms with van der Waals surface area (Å²) < 4.78 is 0. The number of aromatic nitrogens is 2. The fraction of sp³-hybridized carbons (Fsp3) is 0.812. The molecule has 1 aromatic rings. The first-order valence-corrected chi connectivity index (χ1v) is 8.19. The summed E-state index contributed by atoms with van der Waals surface area (Å²) in [4.78, 5) is 7.20. The molecule has 110 valence electrons. The summed E-state index contributed by atoms with van der Waals surface area (Å²) in [6.07, 6.45) is 13.2. The maximum Gasteiger partial charge on any atom is 0.0921 e. The molecule has 0 aliphatic heterocycles. The minimum absolute atomic E-state index is 0.184. The maximum absolute atomic E-state index is 6.28. The quantitative estimate of drug-likeness (QED) is 0.767. The lowest BCUT2D eigenvalue weighted by Crippen LogP contribution is -2.60. The number of nitrogens with zero attached hydrogens (tertiary/aromatic N) is 1. The molecule has 4 N–H and O–H groups in total. The van der Waals surface area contributed by atoms with Crippen LogP contribution in [0.15, 0.2) is 12.5 Å². The van der Waals surface area contributed by atoms with E-state index in [1.54, 1.807) is 6.33 Å². The topological polar surface area (TPSA) is 66.7 Å². The maximum atomic E-state index is 6.28. The van der Waals surface area contributed by atoms with Crippen LogP contribution in [0.1, 0.15) is 44.2 Å². The second-order valence-corrected chi connectivity index (χ2v) is 7.62. The molecular formula is C16H26N4. The number of imidazole rings is 1. The predicted octanol–water partition coefficient (Wildman–Crippen LogP) is 1.84. The van der Waals surface area contributed by atoms with E-state index >= 15 is 0 Å². The van der Waals surface area contributed by atoms with E-state index < -0.39 is 0 Å². The van der Waals surface area contributed by atoms with Crippen molar-refractivity contribution in [2.75, 3.05) is 6.54 Å². The van der Waals surface area contributed by atoms with E-state index in [0.717, 1.165) is 36.4 Å². The molecule has 0 saturated heterocycles. The van der Waals surface area contributed by atoms with Gasteiger partial charge in [0.2, 0.25) is 0 Å². The molecule has 4 saturated carbocycles. The van der Waals surface area contributed by atoms with Gasteiger partial charge in [-0.3, -0.25) is 0 Å². The third-order valence-corrected chi connectivity index (χ3v) is 5.81. The number of hydrogen-bond donors (Lipinski definition) is 3. The Hall–Kier alpha value is -0.870. The second kappa shape index (κ2) is 4.85. The van der Waals surface area contributed by atoms with E-state index in [4.69, 9.17) is 5.73 Å². The molecule has 0 amide bonds. The Morgan fingerprint density at radius 1 is 1.25 bits per heavy atom. The van der Waals surface area contributed by atoms with Crippen LogP contribution in [0, 0.1) is 17.8 Å². The van der Waals surface area contributed by atoms with Gasteiger partial charge in [0, 0.05) is 36.4 Å². The van der Waals surface area contributed by atoms with Gasteiger partial charge in [-0.2, -0.15) is 0 Å². The van der Waals surface area contributed by atoms with Crippen LogP contribution in [0.2, 0.25) is 0 Å². The normalized spacial score (nSPS) is 40.1. The molecule has 0 spiro atoms. The van der Waals surface area contributed by atoms with Crippen molar-refractivity contribution < 1.29 is 0 Å². The average molecular weight is 274 g/mol. The summed E-state index contributed by atoms with van der Waals surface area (Å²) in [6, 6.07) is 0.184. The van der Waals surface area contributed by atoms with Crippen molar-refractivity contribution in [2.24, 2.45) is 23.5 Å². The van der Waals surface area contributed by atoms with Crippen molar-refractivity contribution in [2.45, 2.75) is 56.5 Å². The molecule has 1 heterocycles. The summed E-state index contributed by atoms with van der Waals surface area (Å²) in [5.74, 6) is 2.99. The molecule has 4 aliphatic carbocycles. The van der Waals surface area contributed by atoms with Crippen LogP contribution in [0.25, 0.3) is 0 Å². The summed E-state index contributed by atoms with van der Waals surface area (Å²) in [6.45, 7) is 0.936. The molecule has 4 bridgehead atoms. The van der Waals surface area contributed by atoms with Gasteiger partial charge in [-0.25, -0.2) is 4.98 Å². The first kappa shape index (κ1) is 12.8. The standard InChI is InChI=1S/C16H26N4/c17-14(4-15-9-18-10-19-15)8-20-16-5-11-1-12(6-16)3-13(2-11)7-16/h9-14,20H,1-8,17H2,(H,18,19)/t11?,12?,13?,14-,16?/m0/s1. The molecular weight excluding hydrogens is 248 g/mol. The third kappa shape index (κ3) is 2.40. The van der Waals surface area contributed by atoms with Crippen molar-refractivity contribution in [3.05, 3.63) is 18.2 Å². The molecule has 5 rings (SSSR count). The van der Waals surface area contributed by atoms with Crippen molar-refractivity contribution in [1.82, 2.24) is 15.3 Å². The van der Waals surface area contributed by atoms with Crippen LogP contribution < -0.4 is 11.1 Å². The number of nitrogens with one attached hydrogen (secondary N) is 2. The lowest BCUT2D eigenvalue weighted by atomic mass is 9.53. The molecule has 0 radical (unpaired) electrons. The molecule has 0 aromatic carbocycles. The van der Waals surface area contributed by atoms with Gasteiger partial charge in [-0.15, -0.1) is 0 Å². The first-order chi connectivity index (χ1) is 9.71. The lowest BCUT2D eigenvalue weighted by Gasteiger charge is -2.57. The first-order valence-electron chi connectivity index (χ1n) is 8.19. The number of aromatic amines is 1. The van der Waals surface area contributed by atoms with E-state index in [9.17, 15) is 0 Å². The SMILES string of the molecule is N[C@H](CNC12CC3CC(CC(C3)C1)C2)Cc1cnc[nH]1. The molecule has 4 heteroatoms. The van der Waals surface area contributed by atoms with Crippen molar-refractivity contribution in [3.63, 3.8) is 0 Å². The lowest BCUT2D eigenvalue weighted by molar-refractivity contribution is -0.0201. The zero-order valence-electron chi connectivity index (χ0n) is 12.1. The van der Waals surface area contributed by atoms with E-state index in [1.165, 1.54) is 38.5 Å². The molecule has 0 unspecified atom stereocenters. The van der Waals surface area contributed by atoms with Gasteiger partial charge in [0.15, 0.2) is 0 Å². The smallest absolute Gasteiger partial charge is 0.0921 e. The van der Waals surface area contributed by atoms with Crippen LogP contribution >= 0.6 is 0 Å². The molecule has 1 atom stereocenters. The summed E-state index contributed by atoms with van der Waals surface area (Å²) >= 11 is 0. The minimum Gasteiger partial charge on any atom is -0.348 e. The van der Waals surface area contributed by atoms with Crippen LogP contribution in [0.4, 0.5) is 0 Å². The van der Waals surface area contributed by atoms with Crippen LogP contribution in [0.5, 0.6) is 0 Å². The van der Waals surface area contributed by atoms with Gasteiger partial charge in [0.05, 0.1) is 6.33 Å². The Morgan fingerprint density at radius 2 is 1.90 bits per heavy atom. The van der Waals surface area contributed by atoms with Gasteiger partial charge in [-0.1, -0.05) is 0 Å². The molecule has 4 aliphatic rings.